The summed E-state index contributed by atoms with van der Waals surface area (Å²) in [6.07, 6.45) is 1.62. The molecule has 116 valence electrons. The summed E-state index contributed by atoms with van der Waals surface area (Å²) < 4.78 is 0. The standard InChI is InChI=1S/C17H23N5/c1-3-21-8-10-22(11-9-21)17-15(18)16(19-12-20-17)14-7-5-4-6-13(14)2/h4-7,12H,3,8-11,18H2,1-2H3. The maximum atomic E-state index is 6.40. The molecular weight excluding hydrogens is 274 g/mol. The summed E-state index contributed by atoms with van der Waals surface area (Å²) in [5, 5.41) is 0. The second-order valence-corrected chi connectivity index (χ2v) is 5.70. The summed E-state index contributed by atoms with van der Waals surface area (Å²) in [7, 11) is 0. The molecule has 0 atom stereocenters. The third-order valence-electron chi connectivity index (χ3n) is 4.38. The van der Waals surface area contributed by atoms with Crippen molar-refractivity contribution in [3.8, 4) is 11.3 Å². The van der Waals surface area contributed by atoms with Crippen LogP contribution in [-0.4, -0.2) is 47.6 Å². The third kappa shape index (κ3) is 2.76. The largest absolute Gasteiger partial charge is 0.394 e. The highest BCUT2D eigenvalue weighted by Gasteiger charge is 2.21. The Kier molecular flexibility index (Phi) is 4.24. The number of hydrogen-bond donors (Lipinski definition) is 1. The quantitative estimate of drug-likeness (QED) is 0.941. The maximum Gasteiger partial charge on any atom is 0.155 e. The zero-order valence-electron chi connectivity index (χ0n) is 13.3. The van der Waals surface area contributed by atoms with Gasteiger partial charge in [0.05, 0.1) is 5.69 Å². The van der Waals surface area contributed by atoms with Crippen LogP contribution in [0.5, 0.6) is 0 Å². The smallest absolute Gasteiger partial charge is 0.155 e. The number of nitrogens with two attached hydrogens (primary N) is 1. The number of aryl methyl sites for hydroxylation is 1. The minimum Gasteiger partial charge on any atom is -0.394 e. The van der Waals surface area contributed by atoms with Crippen molar-refractivity contribution >= 4 is 11.5 Å². The van der Waals surface area contributed by atoms with Crippen LogP contribution < -0.4 is 10.6 Å². The Balaban J connectivity index is 1.92. The first-order chi connectivity index (χ1) is 10.7. The molecule has 0 unspecified atom stereocenters. The van der Waals surface area contributed by atoms with Crippen LogP contribution in [-0.2, 0) is 0 Å². The molecule has 2 N–H and O–H groups in total. The van der Waals surface area contributed by atoms with Gasteiger partial charge in [-0.05, 0) is 19.0 Å². The van der Waals surface area contributed by atoms with Crippen LogP contribution in [0.1, 0.15) is 12.5 Å². The lowest BCUT2D eigenvalue weighted by molar-refractivity contribution is 0.270. The van der Waals surface area contributed by atoms with Crippen LogP contribution in [0.15, 0.2) is 30.6 Å². The van der Waals surface area contributed by atoms with Gasteiger partial charge in [-0.1, -0.05) is 31.2 Å². The molecule has 2 aromatic rings. The van der Waals surface area contributed by atoms with Crippen molar-refractivity contribution in [3.05, 3.63) is 36.2 Å². The van der Waals surface area contributed by atoms with E-state index in [2.05, 4.69) is 45.7 Å². The lowest BCUT2D eigenvalue weighted by Crippen LogP contribution is -2.46. The van der Waals surface area contributed by atoms with Crippen molar-refractivity contribution in [1.82, 2.24) is 14.9 Å². The number of anilines is 2. The summed E-state index contributed by atoms with van der Waals surface area (Å²) in [6.45, 7) is 9.41. The van der Waals surface area contributed by atoms with Crippen LogP contribution >= 0.6 is 0 Å². The number of nitrogen functional groups attached to an aromatic ring is 1. The molecule has 1 aliphatic rings. The Labute approximate surface area is 131 Å². The Morgan fingerprint density at radius 1 is 1.09 bits per heavy atom. The molecule has 5 heteroatoms. The number of likely N-dealkylation sites (N-methyl/N-ethyl adjacent to an activating group) is 1. The summed E-state index contributed by atoms with van der Waals surface area (Å²) in [5.74, 6) is 0.865. The molecule has 1 saturated heterocycles. The van der Waals surface area contributed by atoms with Crippen LogP contribution in [0.25, 0.3) is 11.3 Å². The molecule has 1 aliphatic heterocycles. The molecule has 1 aromatic carbocycles. The van der Waals surface area contributed by atoms with Gasteiger partial charge >= 0.3 is 0 Å². The second kappa shape index (κ2) is 6.32. The number of benzene rings is 1. The van der Waals surface area contributed by atoms with E-state index in [9.17, 15) is 0 Å². The zero-order valence-corrected chi connectivity index (χ0v) is 13.3. The van der Waals surface area contributed by atoms with Gasteiger partial charge in [0.15, 0.2) is 5.82 Å². The monoisotopic (exact) mass is 297 g/mol. The van der Waals surface area contributed by atoms with Crippen LogP contribution in [0.3, 0.4) is 0 Å². The van der Waals surface area contributed by atoms with Gasteiger partial charge in [-0.3, -0.25) is 0 Å². The first kappa shape index (κ1) is 14.8. The van der Waals surface area contributed by atoms with E-state index in [1.54, 1.807) is 6.33 Å². The molecule has 0 amide bonds. The number of piperazine rings is 1. The topological polar surface area (TPSA) is 58.3 Å². The van der Waals surface area contributed by atoms with Gasteiger partial charge in [-0.15, -0.1) is 0 Å². The van der Waals surface area contributed by atoms with E-state index in [1.165, 1.54) is 5.56 Å². The molecule has 0 spiro atoms. The average Bonchev–Trinajstić information content (AvgIpc) is 2.56. The molecule has 5 nitrogen and oxygen atoms in total. The Bertz CT molecular complexity index is 647. The van der Waals surface area contributed by atoms with E-state index >= 15 is 0 Å². The average molecular weight is 297 g/mol. The van der Waals surface area contributed by atoms with Gasteiger partial charge in [0, 0.05) is 31.7 Å². The van der Waals surface area contributed by atoms with Gasteiger partial charge in [0.1, 0.15) is 12.0 Å². The zero-order chi connectivity index (χ0) is 15.5. The molecular formula is C17H23N5. The van der Waals surface area contributed by atoms with Crippen LogP contribution in [0.2, 0.25) is 0 Å². The van der Waals surface area contributed by atoms with Crippen molar-refractivity contribution in [2.75, 3.05) is 43.4 Å². The van der Waals surface area contributed by atoms with E-state index < -0.39 is 0 Å². The second-order valence-electron chi connectivity index (χ2n) is 5.70. The molecule has 0 radical (unpaired) electrons. The first-order valence-electron chi connectivity index (χ1n) is 7.84. The summed E-state index contributed by atoms with van der Waals surface area (Å²) in [6, 6.07) is 8.19. The predicted molar refractivity (Wildman–Crippen MR) is 90.9 cm³/mol. The van der Waals surface area contributed by atoms with Gasteiger partial charge in [-0.25, -0.2) is 9.97 Å². The number of hydrogen-bond acceptors (Lipinski definition) is 5. The van der Waals surface area contributed by atoms with E-state index in [0.29, 0.717) is 5.69 Å². The molecule has 1 aromatic heterocycles. The molecule has 1 fully saturated rings. The van der Waals surface area contributed by atoms with Gasteiger partial charge in [0.2, 0.25) is 0 Å². The number of nitrogens with zero attached hydrogens (tertiary/aromatic N) is 4. The summed E-state index contributed by atoms with van der Waals surface area (Å²) in [5.41, 5.74) is 10.2. The Hall–Kier alpha value is -2.14. The van der Waals surface area contributed by atoms with Crippen molar-refractivity contribution in [1.29, 1.82) is 0 Å². The van der Waals surface area contributed by atoms with Crippen molar-refractivity contribution in [2.24, 2.45) is 0 Å². The normalized spacial score (nSPS) is 16.0. The predicted octanol–water partition coefficient (Wildman–Crippen LogP) is 2.18. The molecule has 3 rings (SSSR count). The van der Waals surface area contributed by atoms with E-state index in [-0.39, 0.29) is 0 Å². The summed E-state index contributed by atoms with van der Waals surface area (Å²) >= 11 is 0. The Morgan fingerprint density at radius 3 is 2.50 bits per heavy atom. The fourth-order valence-corrected chi connectivity index (χ4v) is 2.97. The summed E-state index contributed by atoms with van der Waals surface area (Å²) in [4.78, 5) is 13.6. The highest BCUT2D eigenvalue weighted by atomic mass is 15.3. The first-order valence-corrected chi connectivity index (χ1v) is 7.84. The lowest BCUT2D eigenvalue weighted by Gasteiger charge is -2.35. The van der Waals surface area contributed by atoms with Gasteiger partial charge in [-0.2, -0.15) is 0 Å². The fraction of sp³-hybridized carbons (Fsp3) is 0.412. The molecule has 0 aliphatic carbocycles. The van der Waals surface area contributed by atoms with E-state index in [0.717, 1.165) is 49.8 Å². The minimum absolute atomic E-state index is 0.682. The SMILES string of the molecule is CCN1CCN(c2ncnc(-c3ccccc3C)c2N)CC1. The molecule has 0 saturated carbocycles. The van der Waals surface area contributed by atoms with E-state index in [1.807, 2.05) is 12.1 Å². The minimum atomic E-state index is 0.682. The van der Waals surface area contributed by atoms with Crippen molar-refractivity contribution in [2.45, 2.75) is 13.8 Å². The molecule has 22 heavy (non-hydrogen) atoms. The highest BCUT2D eigenvalue weighted by molar-refractivity contribution is 5.82. The van der Waals surface area contributed by atoms with Gasteiger partial charge < -0.3 is 15.5 Å². The molecule has 0 bridgehead atoms. The van der Waals surface area contributed by atoms with Crippen molar-refractivity contribution < 1.29 is 0 Å². The van der Waals surface area contributed by atoms with Crippen LogP contribution in [0.4, 0.5) is 11.5 Å². The molecule has 2 heterocycles. The highest BCUT2D eigenvalue weighted by Crippen LogP contribution is 2.32. The Morgan fingerprint density at radius 2 is 1.82 bits per heavy atom. The lowest BCUT2D eigenvalue weighted by atomic mass is 10.0. The fourth-order valence-electron chi connectivity index (χ4n) is 2.97. The third-order valence-corrected chi connectivity index (χ3v) is 4.38. The van der Waals surface area contributed by atoms with Crippen molar-refractivity contribution in [3.63, 3.8) is 0 Å². The number of rotatable bonds is 3. The maximum absolute atomic E-state index is 6.40. The van der Waals surface area contributed by atoms with Crippen LogP contribution in [0, 0.1) is 6.92 Å². The number of aromatic nitrogens is 2. The van der Waals surface area contributed by atoms with Gasteiger partial charge in [0.25, 0.3) is 0 Å². The van der Waals surface area contributed by atoms with E-state index in [4.69, 9.17) is 5.73 Å².